The topological polar surface area (TPSA) is 194 Å². The minimum Gasteiger partial charge on any atom is -0.276 e. The van der Waals surface area contributed by atoms with Crippen molar-refractivity contribution in [1.82, 2.24) is 20.8 Å². The number of fused-ring (bicyclic) bond motifs is 1. The molecular formula is C23H18N8O6. The first-order chi connectivity index (χ1) is 17.8. The summed E-state index contributed by atoms with van der Waals surface area (Å²) in [6, 6.07) is 17.8. The molecule has 3 aromatic carbocycles. The van der Waals surface area contributed by atoms with E-state index in [0.717, 1.165) is 11.7 Å². The number of hydrazine groups is 2. The van der Waals surface area contributed by atoms with E-state index in [2.05, 4.69) is 31.7 Å². The summed E-state index contributed by atoms with van der Waals surface area (Å²) in [6.07, 6.45) is 0.848. The normalized spacial score (nSPS) is 10.4. The van der Waals surface area contributed by atoms with Crippen LogP contribution in [0.1, 0.15) is 15.9 Å². The first-order valence-corrected chi connectivity index (χ1v) is 10.6. The zero-order valence-electron chi connectivity index (χ0n) is 18.9. The molecule has 4 aromatic rings. The van der Waals surface area contributed by atoms with E-state index in [-0.39, 0.29) is 23.7 Å². The highest BCUT2D eigenvalue weighted by atomic mass is 16.6. The van der Waals surface area contributed by atoms with Crippen LogP contribution >= 0.6 is 0 Å². The fraction of sp³-hybridized carbons (Fsp3) is 0.0435. The number of benzene rings is 3. The molecule has 1 aromatic heterocycles. The number of nitro groups is 2. The maximum absolute atomic E-state index is 12.7. The Morgan fingerprint density at radius 2 is 1.43 bits per heavy atom. The van der Waals surface area contributed by atoms with Gasteiger partial charge in [-0.3, -0.25) is 51.5 Å². The number of non-ortho nitro benzene ring substituents is 1. The van der Waals surface area contributed by atoms with E-state index in [1.807, 2.05) is 18.2 Å². The van der Waals surface area contributed by atoms with Gasteiger partial charge < -0.3 is 0 Å². The lowest BCUT2D eigenvalue weighted by molar-refractivity contribution is -0.384. The number of aromatic nitrogens is 2. The highest BCUT2D eigenvalue weighted by Gasteiger charge is 2.24. The monoisotopic (exact) mass is 502 g/mol. The Morgan fingerprint density at radius 3 is 2.11 bits per heavy atom. The standard InChI is InChI=1S/C23H18N8O6/c32-19(12-14-8-10-16(11-9-14)30(34)35)26-27-21-20(31(36)37)22(25-13-24-21)28-29-23(33)18-7-3-5-15-4-1-2-6-17(15)18/h1-11,13H,12H2,(H,26,32)(H,29,33)(H2,24,25,27,28). The molecule has 0 fully saturated rings. The predicted molar refractivity (Wildman–Crippen MR) is 132 cm³/mol. The second kappa shape index (κ2) is 10.7. The first kappa shape index (κ1) is 24.5. The number of hydrogen-bond donors (Lipinski definition) is 4. The number of nitrogens with zero attached hydrogens (tertiary/aromatic N) is 4. The first-order valence-electron chi connectivity index (χ1n) is 10.6. The Morgan fingerprint density at radius 1 is 0.784 bits per heavy atom. The fourth-order valence-corrected chi connectivity index (χ4v) is 3.44. The second-order valence-electron chi connectivity index (χ2n) is 7.56. The molecule has 0 saturated heterocycles. The molecular weight excluding hydrogens is 484 g/mol. The van der Waals surface area contributed by atoms with Crippen molar-refractivity contribution in [3.63, 3.8) is 0 Å². The van der Waals surface area contributed by atoms with Crippen LogP contribution in [0.4, 0.5) is 23.0 Å². The number of anilines is 2. The molecule has 0 aliphatic rings. The molecule has 4 N–H and O–H groups in total. The molecule has 14 nitrogen and oxygen atoms in total. The van der Waals surface area contributed by atoms with Gasteiger partial charge in [-0.1, -0.05) is 48.5 Å². The molecule has 37 heavy (non-hydrogen) atoms. The average molecular weight is 502 g/mol. The van der Waals surface area contributed by atoms with Crippen LogP contribution in [-0.4, -0.2) is 31.6 Å². The van der Waals surface area contributed by atoms with E-state index in [0.29, 0.717) is 16.5 Å². The largest absolute Gasteiger partial charge is 0.356 e. The fourth-order valence-electron chi connectivity index (χ4n) is 3.44. The van der Waals surface area contributed by atoms with Crippen molar-refractivity contribution < 1.29 is 19.4 Å². The summed E-state index contributed by atoms with van der Waals surface area (Å²) in [7, 11) is 0. The molecule has 14 heteroatoms. The van der Waals surface area contributed by atoms with Crippen molar-refractivity contribution >= 4 is 45.6 Å². The van der Waals surface area contributed by atoms with Crippen molar-refractivity contribution in [2.45, 2.75) is 6.42 Å². The molecule has 0 bridgehead atoms. The van der Waals surface area contributed by atoms with E-state index in [4.69, 9.17) is 0 Å². The smallest absolute Gasteiger partial charge is 0.276 e. The Labute approximate surface area is 208 Å². The van der Waals surface area contributed by atoms with E-state index in [9.17, 15) is 29.8 Å². The molecule has 186 valence electrons. The summed E-state index contributed by atoms with van der Waals surface area (Å²) in [5.74, 6) is -1.78. The zero-order chi connectivity index (χ0) is 26.4. The Hall–Kier alpha value is -5.66. The van der Waals surface area contributed by atoms with Crippen LogP contribution in [0.15, 0.2) is 73.1 Å². The Kier molecular flexibility index (Phi) is 7.09. The van der Waals surface area contributed by atoms with Gasteiger partial charge in [0.25, 0.3) is 11.6 Å². The SMILES string of the molecule is O=C(Cc1ccc([N+](=O)[O-])cc1)NNc1ncnc(NNC(=O)c2cccc3ccccc23)c1[N+](=O)[O-]. The van der Waals surface area contributed by atoms with Crippen LogP contribution in [0.2, 0.25) is 0 Å². The molecule has 0 aliphatic carbocycles. The highest BCUT2D eigenvalue weighted by Crippen LogP contribution is 2.28. The molecule has 2 amide bonds. The lowest BCUT2D eigenvalue weighted by Gasteiger charge is -2.12. The third-order valence-electron chi connectivity index (χ3n) is 5.17. The van der Waals surface area contributed by atoms with Gasteiger partial charge in [-0.2, -0.15) is 0 Å². The van der Waals surface area contributed by atoms with Gasteiger partial charge in [0.05, 0.1) is 16.3 Å². The maximum atomic E-state index is 12.7. The number of nitro benzene ring substituents is 1. The maximum Gasteiger partial charge on any atom is 0.356 e. The van der Waals surface area contributed by atoms with Crippen LogP contribution in [0, 0.1) is 20.2 Å². The number of carbonyl (C=O) groups is 2. The van der Waals surface area contributed by atoms with Gasteiger partial charge in [-0.15, -0.1) is 0 Å². The number of carbonyl (C=O) groups excluding carboxylic acids is 2. The van der Waals surface area contributed by atoms with Crippen molar-refractivity contribution in [1.29, 1.82) is 0 Å². The third-order valence-corrected chi connectivity index (χ3v) is 5.17. The number of hydrogen-bond acceptors (Lipinski definition) is 10. The van der Waals surface area contributed by atoms with Gasteiger partial charge in [-0.05, 0) is 22.4 Å². The van der Waals surface area contributed by atoms with Gasteiger partial charge in [0, 0.05) is 17.7 Å². The summed E-state index contributed by atoms with van der Waals surface area (Å²) < 4.78 is 0. The van der Waals surface area contributed by atoms with Crippen LogP contribution in [0.25, 0.3) is 10.8 Å². The van der Waals surface area contributed by atoms with Crippen LogP contribution in [0.5, 0.6) is 0 Å². The van der Waals surface area contributed by atoms with Crippen molar-refractivity contribution in [3.05, 3.63) is 104 Å². The van der Waals surface area contributed by atoms with Crippen LogP contribution in [0.3, 0.4) is 0 Å². The summed E-state index contributed by atoms with van der Waals surface area (Å²) in [4.78, 5) is 53.7. The minimum absolute atomic E-state index is 0.119. The lowest BCUT2D eigenvalue weighted by Crippen LogP contribution is -2.33. The summed E-state index contributed by atoms with van der Waals surface area (Å²) in [6.45, 7) is 0. The van der Waals surface area contributed by atoms with Gasteiger partial charge >= 0.3 is 5.69 Å². The molecule has 0 spiro atoms. The van der Waals surface area contributed by atoms with Gasteiger partial charge in [0.15, 0.2) is 0 Å². The predicted octanol–water partition coefficient (Wildman–Crippen LogP) is 2.89. The van der Waals surface area contributed by atoms with E-state index < -0.39 is 27.3 Å². The van der Waals surface area contributed by atoms with E-state index in [1.54, 1.807) is 24.3 Å². The molecule has 0 radical (unpaired) electrons. The van der Waals surface area contributed by atoms with Crippen molar-refractivity contribution in [2.24, 2.45) is 0 Å². The highest BCUT2D eigenvalue weighted by molar-refractivity contribution is 6.07. The van der Waals surface area contributed by atoms with Gasteiger partial charge in [-0.25, -0.2) is 9.97 Å². The molecule has 0 unspecified atom stereocenters. The molecule has 1 heterocycles. The minimum atomic E-state index is -0.781. The average Bonchev–Trinajstić information content (AvgIpc) is 2.90. The molecule has 4 rings (SSSR count). The second-order valence-corrected chi connectivity index (χ2v) is 7.56. The van der Waals surface area contributed by atoms with Crippen molar-refractivity contribution in [2.75, 3.05) is 10.9 Å². The quantitative estimate of drug-likeness (QED) is 0.195. The Bertz CT molecular complexity index is 1500. The molecule has 0 aliphatic heterocycles. The molecule has 0 atom stereocenters. The number of rotatable bonds is 9. The van der Waals surface area contributed by atoms with Gasteiger partial charge in [0.2, 0.25) is 17.5 Å². The van der Waals surface area contributed by atoms with Crippen molar-refractivity contribution in [3.8, 4) is 0 Å². The third kappa shape index (κ3) is 5.71. The summed E-state index contributed by atoms with van der Waals surface area (Å²) in [5.41, 5.74) is 9.58. The van der Waals surface area contributed by atoms with E-state index >= 15 is 0 Å². The number of amides is 2. The van der Waals surface area contributed by atoms with E-state index in [1.165, 1.54) is 24.3 Å². The zero-order valence-corrected chi connectivity index (χ0v) is 18.9. The number of nitrogens with one attached hydrogen (secondary N) is 4. The van der Waals surface area contributed by atoms with Crippen LogP contribution < -0.4 is 21.7 Å². The molecule has 0 saturated carbocycles. The summed E-state index contributed by atoms with van der Waals surface area (Å²) in [5, 5.41) is 24.0. The Balaban J connectivity index is 1.44. The summed E-state index contributed by atoms with van der Waals surface area (Å²) >= 11 is 0. The lowest BCUT2D eigenvalue weighted by atomic mass is 10.0. The van der Waals surface area contributed by atoms with Crippen LogP contribution in [-0.2, 0) is 11.2 Å². The van der Waals surface area contributed by atoms with Gasteiger partial charge in [0.1, 0.15) is 6.33 Å².